The maximum atomic E-state index is 5.22. The van der Waals surface area contributed by atoms with Gasteiger partial charge in [0.25, 0.3) is 0 Å². The van der Waals surface area contributed by atoms with E-state index in [1.807, 2.05) is 0 Å². The third-order valence-corrected chi connectivity index (χ3v) is 11.7. The van der Waals surface area contributed by atoms with Gasteiger partial charge in [0, 0.05) is 19.7 Å². The second-order valence-corrected chi connectivity index (χ2v) is 14.0. The second-order valence-electron chi connectivity index (χ2n) is 1.31. The molecule has 70 valence electrons. The highest BCUT2D eigenvalue weighted by molar-refractivity contribution is 9.37. The van der Waals surface area contributed by atoms with Crippen LogP contribution in [0, 0.1) is 0 Å². The average Bonchev–Trinajstić information content (AvgIpc) is 2.01. The lowest BCUT2D eigenvalue weighted by molar-refractivity contribution is 0.430. The molecule has 0 heterocycles. The zero-order valence-corrected chi connectivity index (χ0v) is 11.6. The molecule has 0 aromatic carbocycles. The van der Waals surface area contributed by atoms with E-state index >= 15 is 0 Å². The summed E-state index contributed by atoms with van der Waals surface area (Å²) >= 11 is 14.0. The molecule has 0 aliphatic rings. The zero-order valence-electron chi connectivity index (χ0n) is 5.80. The van der Waals surface area contributed by atoms with Crippen molar-refractivity contribution in [3.05, 3.63) is 18.4 Å². The van der Waals surface area contributed by atoms with E-state index in [1.54, 1.807) is 6.08 Å². The van der Waals surface area contributed by atoms with Gasteiger partial charge in [0.15, 0.2) is 0 Å². The van der Waals surface area contributed by atoms with Gasteiger partial charge in [-0.05, 0) is 38.3 Å². The summed E-state index contributed by atoms with van der Waals surface area (Å²) in [6.45, 7) is 1.94. The summed E-state index contributed by atoms with van der Waals surface area (Å²) in [7, 11) is 4.09. The summed E-state index contributed by atoms with van der Waals surface area (Å²) in [6.07, 6.45) is 1.65. The minimum absolute atomic E-state index is 0.386. The Labute approximate surface area is 98.2 Å². The van der Waals surface area contributed by atoms with Crippen molar-refractivity contribution in [3.8, 4) is 0 Å². The maximum Gasteiger partial charge on any atom is 0.0883 e. The number of thiol groups is 1. The van der Waals surface area contributed by atoms with Crippen LogP contribution in [-0.4, -0.2) is 6.61 Å². The van der Waals surface area contributed by atoms with E-state index in [-0.39, 0.29) is 0 Å². The van der Waals surface area contributed by atoms with Crippen molar-refractivity contribution < 1.29 is 4.18 Å². The fraction of sp³-hybridized carbons (Fsp3) is 0.250. The molecule has 0 fully saturated rings. The molecular formula is C4H6OS7. The Balaban J connectivity index is 3.80. The fourth-order valence-electron chi connectivity index (χ4n) is 0.242. The van der Waals surface area contributed by atoms with Gasteiger partial charge in [0.05, 0.1) is 13.1 Å². The molecule has 0 atom stereocenters. The Morgan fingerprint density at radius 3 is 2.83 bits per heavy atom. The molecule has 8 heteroatoms. The van der Waals surface area contributed by atoms with Crippen molar-refractivity contribution in [1.82, 2.24) is 0 Å². The maximum absolute atomic E-state index is 5.22. The largest absolute Gasteiger partial charge is 0.296 e. The van der Waals surface area contributed by atoms with Crippen molar-refractivity contribution in [2.75, 3.05) is 6.61 Å². The molecule has 0 amide bonds. The van der Waals surface area contributed by atoms with Crippen LogP contribution in [0.4, 0.5) is 0 Å². The van der Waals surface area contributed by atoms with Crippen molar-refractivity contribution in [2.24, 2.45) is 0 Å². The summed E-state index contributed by atoms with van der Waals surface area (Å²) in [5.74, 6) is 0. The van der Waals surface area contributed by atoms with E-state index in [9.17, 15) is 0 Å². The fourth-order valence-corrected chi connectivity index (χ4v) is 10.9. The van der Waals surface area contributed by atoms with Gasteiger partial charge in [-0.15, -0.1) is 5.73 Å². The molecule has 12 heavy (non-hydrogen) atoms. The summed E-state index contributed by atoms with van der Waals surface area (Å²) < 4.78 is 5.22. The predicted molar refractivity (Wildman–Crippen MR) is 73.5 cm³/mol. The van der Waals surface area contributed by atoms with Gasteiger partial charge in [0.2, 0.25) is 0 Å². The van der Waals surface area contributed by atoms with Crippen LogP contribution >= 0.6 is 41.1 Å². The zero-order chi connectivity index (χ0) is 9.45. The van der Waals surface area contributed by atoms with Gasteiger partial charge in [-0.1, -0.05) is 18.2 Å². The molecule has 1 nitrogen and oxygen atoms in total. The van der Waals surface area contributed by atoms with Gasteiger partial charge < -0.3 is 0 Å². The first-order valence-electron chi connectivity index (χ1n) is 2.52. The molecular weight excluding hydrogens is 289 g/mol. The lowest BCUT2D eigenvalue weighted by Crippen LogP contribution is -1.95. The summed E-state index contributed by atoms with van der Waals surface area (Å²) in [5.41, 5.74) is 2.58. The van der Waals surface area contributed by atoms with Crippen LogP contribution in [0.15, 0.2) is 18.4 Å². The molecule has 0 N–H and O–H groups in total. The van der Waals surface area contributed by atoms with E-state index in [2.05, 4.69) is 24.0 Å². The molecule has 0 aliphatic heterocycles. The van der Waals surface area contributed by atoms with Crippen molar-refractivity contribution >= 4 is 70.0 Å². The standard InChI is InChI=1S/C4H6OS7/c1-2-3-4-5-12(7,8)11-10-9-6/h3,6H,1,4H2. The van der Waals surface area contributed by atoms with Gasteiger partial charge >= 0.3 is 0 Å². The Morgan fingerprint density at radius 2 is 2.33 bits per heavy atom. The van der Waals surface area contributed by atoms with E-state index in [4.69, 9.17) is 26.6 Å². The first kappa shape index (κ1) is 13.7. The van der Waals surface area contributed by atoms with Gasteiger partial charge in [-0.2, -0.15) is 0 Å². The monoisotopic (exact) mass is 294 g/mol. The Morgan fingerprint density at radius 1 is 1.67 bits per heavy atom. The molecule has 0 saturated heterocycles. The van der Waals surface area contributed by atoms with Crippen LogP contribution in [0.1, 0.15) is 0 Å². The number of rotatable bonds is 6. The Hall–Kier alpha value is 1.67. The number of hydrogen-bond donors (Lipinski definition) is 1. The highest BCUT2D eigenvalue weighted by atomic mass is 33.9. The van der Waals surface area contributed by atoms with Gasteiger partial charge in [0.1, 0.15) is 0 Å². The Kier molecular flexibility index (Phi) is 9.13. The quantitative estimate of drug-likeness (QED) is 0.454. The molecule has 0 rings (SSSR count). The van der Waals surface area contributed by atoms with E-state index < -0.39 is 6.46 Å². The summed E-state index contributed by atoms with van der Waals surface area (Å²) in [4.78, 5) is 0. The SMILES string of the molecule is C=C=CCOS(=S)(=S)SSSS. The van der Waals surface area contributed by atoms with Crippen molar-refractivity contribution in [2.45, 2.75) is 0 Å². The topological polar surface area (TPSA) is 9.23 Å². The van der Waals surface area contributed by atoms with Crippen molar-refractivity contribution in [3.63, 3.8) is 0 Å². The van der Waals surface area contributed by atoms with Crippen LogP contribution < -0.4 is 0 Å². The third kappa shape index (κ3) is 8.28. The molecule has 0 saturated carbocycles. The predicted octanol–water partition coefficient (Wildman–Crippen LogP) is 3.13. The summed E-state index contributed by atoms with van der Waals surface area (Å²) in [6, 6.07) is 0. The first-order chi connectivity index (χ1) is 5.62. The van der Waals surface area contributed by atoms with E-state index in [0.717, 1.165) is 0 Å². The van der Waals surface area contributed by atoms with E-state index in [1.165, 1.54) is 29.5 Å². The normalized spacial score (nSPS) is 10.8. The first-order valence-corrected chi connectivity index (χ1v) is 11.0. The highest BCUT2D eigenvalue weighted by Gasteiger charge is 2.02. The molecule has 0 unspecified atom stereocenters. The molecule has 0 bridgehead atoms. The van der Waals surface area contributed by atoms with Crippen LogP contribution in [0.5, 0.6) is 0 Å². The molecule has 0 aliphatic carbocycles. The smallest absolute Gasteiger partial charge is 0.0883 e. The second kappa shape index (κ2) is 8.02. The average molecular weight is 295 g/mol. The summed E-state index contributed by atoms with van der Waals surface area (Å²) in [5, 5.41) is 0. The lowest BCUT2D eigenvalue weighted by Gasteiger charge is -2.05. The van der Waals surface area contributed by atoms with E-state index in [0.29, 0.717) is 6.61 Å². The molecule has 0 aromatic heterocycles. The number of hydrogen-bond acceptors (Lipinski definition) is 7. The minimum atomic E-state index is -1.84. The van der Waals surface area contributed by atoms with Crippen LogP contribution in [-0.2, 0) is 33.0 Å². The van der Waals surface area contributed by atoms with Crippen LogP contribution in [0.2, 0.25) is 0 Å². The molecule has 0 radical (unpaired) electrons. The lowest BCUT2D eigenvalue weighted by atomic mass is 10.7. The minimum Gasteiger partial charge on any atom is -0.296 e. The highest BCUT2D eigenvalue weighted by Crippen LogP contribution is 2.41. The van der Waals surface area contributed by atoms with Gasteiger partial charge in [-0.3, -0.25) is 4.18 Å². The molecule has 0 spiro atoms. The third-order valence-electron chi connectivity index (χ3n) is 0.582. The molecule has 0 aromatic rings. The van der Waals surface area contributed by atoms with Crippen LogP contribution in [0.25, 0.3) is 0 Å². The Bertz CT molecular complexity index is 249. The van der Waals surface area contributed by atoms with Gasteiger partial charge in [-0.25, -0.2) is 0 Å². The van der Waals surface area contributed by atoms with Crippen molar-refractivity contribution in [1.29, 1.82) is 0 Å². The van der Waals surface area contributed by atoms with Crippen LogP contribution in [0.3, 0.4) is 0 Å².